The number of benzene rings is 1. The van der Waals surface area contributed by atoms with E-state index in [9.17, 15) is 14.0 Å². The number of hydrogen-bond donors (Lipinski definition) is 2. The van der Waals surface area contributed by atoms with Gasteiger partial charge in [0.1, 0.15) is 11.9 Å². The summed E-state index contributed by atoms with van der Waals surface area (Å²) in [4.78, 5) is 31.5. The Bertz CT molecular complexity index is 863. The van der Waals surface area contributed by atoms with Crippen LogP contribution < -0.4 is 11.1 Å². The zero-order valence-corrected chi connectivity index (χ0v) is 15.1. The van der Waals surface area contributed by atoms with Crippen molar-refractivity contribution in [3.05, 3.63) is 41.3 Å². The van der Waals surface area contributed by atoms with Gasteiger partial charge in [-0.05, 0) is 45.4 Å². The van der Waals surface area contributed by atoms with Crippen LogP contribution in [0.15, 0.2) is 24.3 Å². The van der Waals surface area contributed by atoms with Crippen LogP contribution in [0.1, 0.15) is 36.3 Å². The lowest BCUT2D eigenvalue weighted by Crippen LogP contribution is -2.47. The Kier molecular flexibility index (Phi) is 4.91. The fourth-order valence-electron chi connectivity index (χ4n) is 3.39. The van der Waals surface area contributed by atoms with Crippen molar-refractivity contribution >= 4 is 22.7 Å². The normalized spacial score (nSPS) is 20.0. The first-order chi connectivity index (χ1) is 12.3. The van der Waals surface area contributed by atoms with Crippen molar-refractivity contribution in [2.24, 2.45) is 5.73 Å². The Labute approximate surface area is 151 Å². The Hall–Kier alpha value is -2.54. The average molecular weight is 358 g/mol. The number of likely N-dealkylation sites (tertiary alicyclic amines) is 1. The molecule has 3 N–H and O–H groups in total. The monoisotopic (exact) mass is 358 g/mol. The van der Waals surface area contributed by atoms with E-state index in [0.717, 1.165) is 0 Å². The number of nitrogens with zero attached hydrogens (tertiary/aromatic N) is 2. The molecule has 2 amide bonds. The van der Waals surface area contributed by atoms with Gasteiger partial charge >= 0.3 is 0 Å². The Morgan fingerprint density at radius 3 is 2.77 bits per heavy atom. The van der Waals surface area contributed by atoms with E-state index in [1.165, 1.54) is 17.0 Å². The minimum Gasteiger partial charge on any atom is -0.352 e. The number of nitrogens with two attached hydrogens (primary N) is 1. The quantitative estimate of drug-likeness (QED) is 0.875. The number of halogens is 1. The standard InChI is InChI=1S/C19H23FN4O2/c1-10(2)22-18(25)17-8-13(21)9-24(17)19(26)15-6-11(3)23-16-7-12(20)4-5-14(15)16/h4-7,10,13,17H,8-9,21H2,1-3H3,(H,22,25)/t13-,17+/m1/s1. The predicted octanol–water partition coefficient (Wildman–Crippen LogP) is 1.75. The summed E-state index contributed by atoms with van der Waals surface area (Å²) in [5.41, 5.74) is 7.46. The van der Waals surface area contributed by atoms with Crippen molar-refractivity contribution in [2.75, 3.05) is 6.54 Å². The molecule has 0 bridgehead atoms. The molecule has 7 heteroatoms. The first-order valence-corrected chi connectivity index (χ1v) is 8.70. The predicted molar refractivity (Wildman–Crippen MR) is 97.1 cm³/mol. The van der Waals surface area contributed by atoms with Gasteiger partial charge in [-0.2, -0.15) is 0 Å². The highest BCUT2D eigenvalue weighted by molar-refractivity contribution is 6.07. The van der Waals surface area contributed by atoms with Crippen LogP contribution in [0.3, 0.4) is 0 Å². The molecule has 0 unspecified atom stereocenters. The lowest BCUT2D eigenvalue weighted by Gasteiger charge is -2.25. The number of fused-ring (bicyclic) bond motifs is 1. The van der Waals surface area contributed by atoms with Crippen molar-refractivity contribution in [2.45, 2.75) is 45.3 Å². The van der Waals surface area contributed by atoms with E-state index in [-0.39, 0.29) is 23.9 Å². The summed E-state index contributed by atoms with van der Waals surface area (Å²) in [6.45, 7) is 5.79. The molecule has 138 valence electrons. The van der Waals surface area contributed by atoms with Crippen molar-refractivity contribution in [1.82, 2.24) is 15.2 Å². The number of carbonyl (C=O) groups is 2. The lowest BCUT2D eigenvalue weighted by molar-refractivity contribution is -0.125. The van der Waals surface area contributed by atoms with Gasteiger partial charge in [0.05, 0.1) is 11.1 Å². The largest absolute Gasteiger partial charge is 0.352 e. The zero-order valence-electron chi connectivity index (χ0n) is 15.1. The maximum Gasteiger partial charge on any atom is 0.255 e. The molecule has 0 saturated carbocycles. The van der Waals surface area contributed by atoms with Crippen LogP contribution in [0.2, 0.25) is 0 Å². The number of amides is 2. The molecule has 3 rings (SSSR count). The molecule has 1 aromatic carbocycles. The molecule has 1 aliphatic heterocycles. The lowest BCUT2D eigenvalue weighted by atomic mass is 10.1. The molecule has 26 heavy (non-hydrogen) atoms. The zero-order chi connectivity index (χ0) is 19.0. The van der Waals surface area contributed by atoms with Gasteiger partial charge in [0.2, 0.25) is 5.91 Å². The van der Waals surface area contributed by atoms with Crippen molar-refractivity contribution in [3.8, 4) is 0 Å². The summed E-state index contributed by atoms with van der Waals surface area (Å²) in [5.74, 6) is -0.905. The summed E-state index contributed by atoms with van der Waals surface area (Å²) in [6, 6.07) is 4.93. The molecule has 0 radical (unpaired) electrons. The number of aromatic nitrogens is 1. The van der Waals surface area contributed by atoms with Crippen LogP contribution in [-0.4, -0.2) is 46.4 Å². The van der Waals surface area contributed by atoms with E-state index in [4.69, 9.17) is 5.73 Å². The van der Waals surface area contributed by atoms with Gasteiger partial charge in [-0.3, -0.25) is 14.6 Å². The molecule has 0 spiro atoms. The molecule has 1 saturated heterocycles. The summed E-state index contributed by atoms with van der Waals surface area (Å²) < 4.78 is 13.5. The van der Waals surface area contributed by atoms with E-state index >= 15 is 0 Å². The minimum atomic E-state index is -0.608. The van der Waals surface area contributed by atoms with Crippen molar-refractivity contribution < 1.29 is 14.0 Å². The van der Waals surface area contributed by atoms with Crippen LogP contribution in [0, 0.1) is 12.7 Å². The fraction of sp³-hybridized carbons (Fsp3) is 0.421. The summed E-state index contributed by atoms with van der Waals surface area (Å²) in [6.07, 6.45) is 0.418. The molecule has 6 nitrogen and oxygen atoms in total. The van der Waals surface area contributed by atoms with Gasteiger partial charge in [0.25, 0.3) is 5.91 Å². The molecule has 1 fully saturated rings. The van der Waals surface area contributed by atoms with Gasteiger partial charge in [-0.15, -0.1) is 0 Å². The fourth-order valence-corrected chi connectivity index (χ4v) is 3.39. The highest BCUT2D eigenvalue weighted by Crippen LogP contribution is 2.25. The van der Waals surface area contributed by atoms with Gasteiger partial charge in [-0.25, -0.2) is 4.39 Å². The number of nitrogens with one attached hydrogen (secondary N) is 1. The second-order valence-corrected chi connectivity index (χ2v) is 7.11. The molecule has 2 atom stereocenters. The van der Waals surface area contributed by atoms with Crippen molar-refractivity contribution in [1.29, 1.82) is 0 Å². The third kappa shape index (κ3) is 3.53. The number of carbonyl (C=O) groups excluding carboxylic acids is 2. The smallest absolute Gasteiger partial charge is 0.255 e. The SMILES string of the molecule is Cc1cc(C(=O)N2C[C@H](N)C[C@H]2C(=O)NC(C)C)c2ccc(F)cc2n1. The van der Waals surface area contributed by atoms with E-state index in [2.05, 4.69) is 10.3 Å². The third-order valence-corrected chi connectivity index (χ3v) is 4.46. The Morgan fingerprint density at radius 2 is 2.08 bits per heavy atom. The van der Waals surface area contributed by atoms with Crippen molar-refractivity contribution in [3.63, 3.8) is 0 Å². The summed E-state index contributed by atoms with van der Waals surface area (Å²) in [7, 11) is 0. The van der Waals surface area contributed by atoms with Gasteiger partial charge in [0, 0.05) is 35.8 Å². The number of aryl methyl sites for hydroxylation is 1. The second kappa shape index (κ2) is 6.99. The number of rotatable bonds is 3. The summed E-state index contributed by atoms with van der Waals surface area (Å²) >= 11 is 0. The molecule has 1 aromatic heterocycles. The van der Waals surface area contributed by atoms with Crippen LogP contribution in [0.5, 0.6) is 0 Å². The van der Waals surface area contributed by atoms with Gasteiger partial charge in [0.15, 0.2) is 0 Å². The molecule has 2 aromatic rings. The second-order valence-electron chi connectivity index (χ2n) is 7.11. The maximum absolute atomic E-state index is 13.5. The first-order valence-electron chi connectivity index (χ1n) is 8.70. The Balaban J connectivity index is 2.00. The molecule has 2 heterocycles. The van der Waals surface area contributed by atoms with E-state index in [1.807, 2.05) is 13.8 Å². The molecule has 1 aliphatic rings. The minimum absolute atomic E-state index is 0.0248. The van der Waals surface area contributed by atoms with E-state index in [0.29, 0.717) is 35.1 Å². The number of hydrogen-bond acceptors (Lipinski definition) is 4. The van der Waals surface area contributed by atoms with E-state index < -0.39 is 11.9 Å². The topological polar surface area (TPSA) is 88.3 Å². The van der Waals surface area contributed by atoms with Crippen LogP contribution in [-0.2, 0) is 4.79 Å². The van der Waals surface area contributed by atoms with Crippen LogP contribution in [0.4, 0.5) is 4.39 Å². The summed E-state index contributed by atoms with van der Waals surface area (Å²) in [5, 5.41) is 3.41. The molecular formula is C19H23FN4O2. The highest BCUT2D eigenvalue weighted by atomic mass is 19.1. The Morgan fingerprint density at radius 1 is 1.35 bits per heavy atom. The molecular weight excluding hydrogens is 335 g/mol. The molecule has 0 aliphatic carbocycles. The van der Waals surface area contributed by atoms with E-state index in [1.54, 1.807) is 19.1 Å². The third-order valence-electron chi connectivity index (χ3n) is 4.46. The van der Waals surface area contributed by atoms with Gasteiger partial charge in [-0.1, -0.05) is 0 Å². The van der Waals surface area contributed by atoms with Crippen LogP contribution >= 0.6 is 0 Å². The van der Waals surface area contributed by atoms with Gasteiger partial charge < -0.3 is 16.0 Å². The highest BCUT2D eigenvalue weighted by Gasteiger charge is 2.39. The first kappa shape index (κ1) is 18.3. The number of pyridine rings is 1. The maximum atomic E-state index is 13.5. The average Bonchev–Trinajstić information content (AvgIpc) is 2.94. The van der Waals surface area contributed by atoms with Crippen LogP contribution in [0.25, 0.3) is 10.9 Å².